The first-order valence-corrected chi connectivity index (χ1v) is 6.10. The van der Waals surface area contributed by atoms with Crippen LogP contribution in [0.25, 0.3) is 0 Å². The summed E-state index contributed by atoms with van der Waals surface area (Å²) in [6.07, 6.45) is 0. The molecule has 4 N–H and O–H groups in total. The number of hydrogen-bond donors (Lipinski definition) is 2. The Hall–Kier alpha value is -1.94. The van der Waals surface area contributed by atoms with Gasteiger partial charge in [-0.15, -0.1) is 0 Å². The van der Waals surface area contributed by atoms with E-state index in [1.807, 2.05) is 13.0 Å². The third-order valence-electron chi connectivity index (χ3n) is 2.22. The SMILES string of the molecule is CCOc1cccc(Cl)c1N.Nc1ccccc1F. The summed E-state index contributed by atoms with van der Waals surface area (Å²) in [5.74, 6) is 0.299. The van der Waals surface area contributed by atoms with E-state index in [1.165, 1.54) is 12.1 Å². The normalized spacial score (nSPS) is 9.42. The van der Waals surface area contributed by atoms with Crippen LogP contribution in [0.2, 0.25) is 5.02 Å². The van der Waals surface area contributed by atoms with E-state index in [9.17, 15) is 4.39 Å². The molecule has 0 saturated heterocycles. The van der Waals surface area contributed by atoms with Crippen molar-refractivity contribution in [2.24, 2.45) is 0 Å². The van der Waals surface area contributed by atoms with E-state index in [1.54, 1.807) is 24.3 Å². The number of rotatable bonds is 2. The van der Waals surface area contributed by atoms with Crippen molar-refractivity contribution in [1.29, 1.82) is 0 Å². The predicted molar refractivity (Wildman–Crippen MR) is 77.8 cm³/mol. The second-order valence-corrected chi connectivity index (χ2v) is 4.01. The summed E-state index contributed by atoms with van der Waals surface area (Å²) in [6, 6.07) is 11.5. The number of halogens is 2. The maximum Gasteiger partial charge on any atom is 0.146 e. The lowest BCUT2D eigenvalue weighted by atomic mass is 10.3. The fraction of sp³-hybridized carbons (Fsp3) is 0.143. The molecular formula is C14H16ClFN2O. The monoisotopic (exact) mass is 282 g/mol. The van der Waals surface area contributed by atoms with E-state index in [0.717, 1.165) is 0 Å². The summed E-state index contributed by atoms with van der Waals surface area (Å²) in [5, 5.41) is 0.538. The van der Waals surface area contributed by atoms with Crippen LogP contribution in [0.3, 0.4) is 0 Å². The fourth-order valence-electron chi connectivity index (χ4n) is 1.27. The Labute approximate surface area is 116 Å². The summed E-state index contributed by atoms with van der Waals surface area (Å²) < 4.78 is 17.4. The van der Waals surface area contributed by atoms with E-state index in [2.05, 4.69) is 0 Å². The standard InChI is InChI=1S/C8H10ClNO.C6H6FN/c1-2-11-7-5-3-4-6(9)8(7)10;7-5-3-1-2-4-6(5)8/h3-5H,2,10H2,1H3;1-4H,8H2. The fourth-order valence-corrected chi connectivity index (χ4v) is 1.44. The van der Waals surface area contributed by atoms with Gasteiger partial charge in [0.2, 0.25) is 0 Å². The van der Waals surface area contributed by atoms with Gasteiger partial charge in [0.15, 0.2) is 0 Å². The van der Waals surface area contributed by atoms with Crippen molar-refractivity contribution in [1.82, 2.24) is 0 Å². The average molecular weight is 283 g/mol. The number of hydrogen-bond acceptors (Lipinski definition) is 3. The minimum Gasteiger partial charge on any atom is -0.492 e. The minimum absolute atomic E-state index is 0.201. The molecule has 0 atom stereocenters. The third kappa shape index (κ3) is 4.67. The van der Waals surface area contributed by atoms with Crippen molar-refractivity contribution in [2.75, 3.05) is 18.1 Å². The summed E-state index contributed by atoms with van der Waals surface area (Å²) in [5.41, 5.74) is 11.5. The van der Waals surface area contributed by atoms with Crippen LogP contribution < -0.4 is 16.2 Å². The van der Waals surface area contributed by atoms with Crippen LogP contribution in [0.4, 0.5) is 15.8 Å². The van der Waals surface area contributed by atoms with E-state index >= 15 is 0 Å². The van der Waals surface area contributed by atoms with E-state index in [4.69, 9.17) is 27.8 Å². The summed E-state index contributed by atoms with van der Waals surface area (Å²) >= 11 is 5.74. The van der Waals surface area contributed by atoms with Crippen LogP contribution in [-0.4, -0.2) is 6.61 Å². The zero-order valence-electron chi connectivity index (χ0n) is 10.6. The smallest absolute Gasteiger partial charge is 0.146 e. The largest absolute Gasteiger partial charge is 0.492 e. The van der Waals surface area contributed by atoms with Gasteiger partial charge in [-0.1, -0.05) is 29.8 Å². The third-order valence-corrected chi connectivity index (χ3v) is 2.55. The lowest BCUT2D eigenvalue weighted by Gasteiger charge is -2.06. The molecule has 0 saturated carbocycles. The van der Waals surface area contributed by atoms with Gasteiger partial charge in [0.05, 0.1) is 23.0 Å². The van der Waals surface area contributed by atoms with Gasteiger partial charge in [0.25, 0.3) is 0 Å². The lowest BCUT2D eigenvalue weighted by Crippen LogP contribution is -1.96. The van der Waals surface area contributed by atoms with Crippen molar-refractivity contribution >= 4 is 23.0 Å². The Balaban J connectivity index is 0.000000200. The average Bonchev–Trinajstić information content (AvgIpc) is 2.40. The maximum atomic E-state index is 12.2. The molecule has 0 spiro atoms. The number of benzene rings is 2. The summed E-state index contributed by atoms with van der Waals surface area (Å²) in [6.45, 7) is 2.50. The molecule has 0 radical (unpaired) electrons. The topological polar surface area (TPSA) is 61.3 Å². The highest BCUT2D eigenvalue weighted by Gasteiger charge is 2.01. The number of ether oxygens (including phenoxy) is 1. The van der Waals surface area contributed by atoms with Crippen molar-refractivity contribution in [3.8, 4) is 5.75 Å². The second kappa shape index (κ2) is 7.48. The molecule has 0 unspecified atom stereocenters. The highest BCUT2D eigenvalue weighted by atomic mass is 35.5. The molecule has 19 heavy (non-hydrogen) atoms. The number of anilines is 2. The van der Waals surface area contributed by atoms with E-state index < -0.39 is 0 Å². The Kier molecular flexibility index (Phi) is 5.96. The Morgan fingerprint density at radius 1 is 1.11 bits per heavy atom. The number of nitrogen functional groups attached to an aromatic ring is 2. The molecule has 0 bridgehead atoms. The van der Waals surface area contributed by atoms with Gasteiger partial charge >= 0.3 is 0 Å². The predicted octanol–water partition coefficient (Wildman–Crippen LogP) is 3.73. The molecule has 2 aromatic rings. The maximum absolute atomic E-state index is 12.2. The molecule has 0 aliphatic rings. The van der Waals surface area contributed by atoms with Crippen molar-refractivity contribution < 1.29 is 9.13 Å². The molecule has 0 heterocycles. The molecule has 0 aliphatic carbocycles. The van der Waals surface area contributed by atoms with Gasteiger partial charge in [-0.3, -0.25) is 0 Å². The van der Waals surface area contributed by atoms with Crippen LogP contribution in [0.15, 0.2) is 42.5 Å². The molecule has 5 heteroatoms. The molecule has 0 aromatic heterocycles. The molecule has 3 nitrogen and oxygen atoms in total. The number of nitrogens with two attached hydrogens (primary N) is 2. The quantitative estimate of drug-likeness (QED) is 0.825. The van der Waals surface area contributed by atoms with Crippen LogP contribution in [0.5, 0.6) is 5.75 Å². The van der Waals surface area contributed by atoms with Gasteiger partial charge in [0.1, 0.15) is 11.6 Å². The van der Waals surface area contributed by atoms with Crippen LogP contribution in [0.1, 0.15) is 6.92 Å². The van der Waals surface area contributed by atoms with Crippen LogP contribution >= 0.6 is 11.6 Å². The Morgan fingerprint density at radius 3 is 2.32 bits per heavy atom. The Bertz CT molecular complexity index is 514. The lowest BCUT2D eigenvalue weighted by molar-refractivity contribution is 0.342. The summed E-state index contributed by atoms with van der Waals surface area (Å²) in [7, 11) is 0. The zero-order chi connectivity index (χ0) is 14.3. The first-order chi connectivity index (χ1) is 9.06. The van der Waals surface area contributed by atoms with Gasteiger partial charge < -0.3 is 16.2 Å². The van der Waals surface area contributed by atoms with Crippen LogP contribution in [-0.2, 0) is 0 Å². The highest BCUT2D eigenvalue weighted by Crippen LogP contribution is 2.28. The highest BCUT2D eigenvalue weighted by molar-refractivity contribution is 6.33. The molecular weight excluding hydrogens is 267 g/mol. The van der Waals surface area contributed by atoms with Gasteiger partial charge in [0, 0.05) is 0 Å². The van der Waals surface area contributed by atoms with Crippen molar-refractivity contribution in [3.63, 3.8) is 0 Å². The molecule has 0 aliphatic heterocycles. The minimum atomic E-state index is -0.354. The molecule has 2 rings (SSSR count). The second-order valence-electron chi connectivity index (χ2n) is 3.61. The van der Waals surface area contributed by atoms with Crippen molar-refractivity contribution in [3.05, 3.63) is 53.3 Å². The number of para-hydroxylation sites is 2. The molecule has 0 amide bonds. The van der Waals surface area contributed by atoms with Gasteiger partial charge in [-0.05, 0) is 31.2 Å². The first-order valence-electron chi connectivity index (χ1n) is 5.73. The summed E-state index contributed by atoms with van der Waals surface area (Å²) in [4.78, 5) is 0. The molecule has 2 aromatic carbocycles. The molecule has 102 valence electrons. The van der Waals surface area contributed by atoms with Gasteiger partial charge in [-0.2, -0.15) is 0 Å². The van der Waals surface area contributed by atoms with Crippen molar-refractivity contribution in [2.45, 2.75) is 6.92 Å². The zero-order valence-corrected chi connectivity index (χ0v) is 11.3. The molecule has 0 fully saturated rings. The van der Waals surface area contributed by atoms with E-state index in [-0.39, 0.29) is 11.5 Å². The van der Waals surface area contributed by atoms with E-state index in [0.29, 0.717) is 23.1 Å². The Morgan fingerprint density at radius 2 is 1.79 bits per heavy atom. The van der Waals surface area contributed by atoms with Crippen LogP contribution in [0, 0.1) is 5.82 Å². The first kappa shape index (κ1) is 15.1. The van der Waals surface area contributed by atoms with Gasteiger partial charge in [-0.25, -0.2) is 4.39 Å².